The smallest absolute Gasteiger partial charge is 0.410 e. The van der Waals surface area contributed by atoms with E-state index in [1.807, 2.05) is 0 Å². The van der Waals surface area contributed by atoms with E-state index in [0.29, 0.717) is 18.5 Å². The van der Waals surface area contributed by atoms with E-state index in [4.69, 9.17) is 9.57 Å². The minimum absolute atomic E-state index is 0.0905. The topological polar surface area (TPSA) is 59.1 Å². The molecule has 0 unspecified atom stereocenters. The van der Waals surface area contributed by atoms with E-state index < -0.39 is 29.9 Å². The molecule has 1 aromatic rings. The molecule has 0 aliphatic carbocycles. The summed E-state index contributed by atoms with van der Waals surface area (Å²) in [6.07, 6.45) is -1.52. The quantitative estimate of drug-likeness (QED) is 0.783. The number of alkyl halides is 1. The third kappa shape index (κ3) is 5.42. The van der Waals surface area contributed by atoms with Crippen molar-refractivity contribution in [3.63, 3.8) is 0 Å². The van der Waals surface area contributed by atoms with E-state index in [2.05, 4.69) is 0 Å². The third-order valence-corrected chi connectivity index (χ3v) is 3.86. The number of carbonyl (C=O) groups is 2. The van der Waals surface area contributed by atoms with Crippen molar-refractivity contribution in [1.82, 2.24) is 9.96 Å². The van der Waals surface area contributed by atoms with Crippen LogP contribution in [0.5, 0.6) is 0 Å². The van der Waals surface area contributed by atoms with E-state index in [-0.39, 0.29) is 6.54 Å². The first kappa shape index (κ1) is 19.2. The summed E-state index contributed by atoms with van der Waals surface area (Å²) in [4.78, 5) is 30.7. The summed E-state index contributed by atoms with van der Waals surface area (Å²) in [5.41, 5.74) is -0.224. The molecule has 1 aromatic carbocycles. The second kappa shape index (κ2) is 7.82. The number of piperidine rings is 1. The number of likely N-dealkylation sites (tertiary alicyclic amines) is 1. The van der Waals surface area contributed by atoms with Gasteiger partial charge in [-0.15, -0.1) is 5.06 Å². The van der Waals surface area contributed by atoms with Crippen molar-refractivity contribution < 1.29 is 23.6 Å². The normalized spacial score (nSPS) is 21.1. The molecule has 6 nitrogen and oxygen atoms in total. The Morgan fingerprint density at radius 1 is 1.24 bits per heavy atom. The lowest BCUT2D eigenvalue weighted by atomic mass is 10.0. The molecule has 138 valence electrons. The highest BCUT2D eigenvalue weighted by molar-refractivity contribution is 5.89. The number of carbonyl (C=O) groups excluding carboxylic acids is 2. The van der Waals surface area contributed by atoms with Gasteiger partial charge in [0, 0.05) is 13.6 Å². The van der Waals surface area contributed by atoms with Crippen LogP contribution >= 0.6 is 0 Å². The van der Waals surface area contributed by atoms with E-state index in [1.165, 1.54) is 17.0 Å². The van der Waals surface area contributed by atoms with Crippen LogP contribution in [-0.2, 0) is 9.57 Å². The van der Waals surface area contributed by atoms with Gasteiger partial charge in [-0.05, 0) is 39.3 Å². The van der Waals surface area contributed by atoms with E-state index >= 15 is 0 Å². The van der Waals surface area contributed by atoms with Crippen LogP contribution in [0.15, 0.2) is 30.3 Å². The van der Waals surface area contributed by atoms with Gasteiger partial charge in [0.25, 0.3) is 0 Å². The molecule has 0 N–H and O–H groups in total. The van der Waals surface area contributed by atoms with Crippen molar-refractivity contribution in [2.45, 2.75) is 45.0 Å². The predicted molar refractivity (Wildman–Crippen MR) is 90.7 cm³/mol. The lowest BCUT2D eigenvalue weighted by Crippen LogP contribution is -2.53. The van der Waals surface area contributed by atoms with Gasteiger partial charge < -0.3 is 14.5 Å². The van der Waals surface area contributed by atoms with Crippen LogP contribution in [0.3, 0.4) is 0 Å². The zero-order valence-corrected chi connectivity index (χ0v) is 15.1. The standard InChI is InChI=1S/C18H25FN2O4/c1-18(2,3)24-17(23)21-11-10-15(14(19)12-21)20(4)25-16(22)13-8-6-5-7-9-13/h5-9,14-15H,10-12H2,1-4H3/t14-,15-/m1/s1. The Hall–Kier alpha value is -2.15. The summed E-state index contributed by atoms with van der Waals surface area (Å²) in [5.74, 6) is -0.537. The first-order valence-electron chi connectivity index (χ1n) is 8.29. The molecule has 1 aliphatic heterocycles. The largest absolute Gasteiger partial charge is 0.444 e. The number of amides is 1. The number of ether oxygens (including phenoxy) is 1. The molecule has 7 heteroatoms. The Morgan fingerprint density at radius 2 is 1.88 bits per heavy atom. The van der Waals surface area contributed by atoms with Crippen LogP contribution in [0.2, 0.25) is 0 Å². The lowest BCUT2D eigenvalue weighted by molar-refractivity contribution is -0.145. The molecule has 1 saturated heterocycles. The molecule has 0 saturated carbocycles. The molecule has 2 rings (SSSR count). The van der Waals surface area contributed by atoms with E-state index in [1.54, 1.807) is 51.1 Å². The first-order valence-corrected chi connectivity index (χ1v) is 8.29. The number of benzene rings is 1. The zero-order valence-electron chi connectivity index (χ0n) is 15.1. The van der Waals surface area contributed by atoms with Crippen molar-refractivity contribution in [2.75, 3.05) is 20.1 Å². The van der Waals surface area contributed by atoms with Crippen LogP contribution in [0.1, 0.15) is 37.6 Å². The fourth-order valence-corrected chi connectivity index (χ4v) is 2.62. The van der Waals surface area contributed by atoms with Crippen LogP contribution in [-0.4, -0.2) is 60.0 Å². The number of hydrogen-bond acceptors (Lipinski definition) is 5. The average Bonchev–Trinajstić information content (AvgIpc) is 2.53. The van der Waals surface area contributed by atoms with Crippen LogP contribution in [0, 0.1) is 0 Å². The maximum atomic E-state index is 14.5. The second-order valence-corrected chi connectivity index (χ2v) is 7.09. The first-order chi connectivity index (χ1) is 11.7. The Labute approximate surface area is 147 Å². The second-order valence-electron chi connectivity index (χ2n) is 7.09. The summed E-state index contributed by atoms with van der Waals surface area (Å²) in [6, 6.07) is 7.92. The van der Waals surface area contributed by atoms with E-state index in [9.17, 15) is 14.0 Å². The molecule has 1 heterocycles. The van der Waals surface area contributed by atoms with Crippen LogP contribution in [0.25, 0.3) is 0 Å². The fourth-order valence-electron chi connectivity index (χ4n) is 2.62. The van der Waals surface area contributed by atoms with Crippen molar-refractivity contribution in [3.05, 3.63) is 35.9 Å². The fraction of sp³-hybridized carbons (Fsp3) is 0.556. The summed E-state index contributed by atoms with van der Waals surface area (Å²) in [5, 5.41) is 1.24. The van der Waals surface area contributed by atoms with Crippen molar-refractivity contribution in [3.8, 4) is 0 Å². The number of hydroxylamine groups is 2. The Balaban J connectivity index is 1.90. The summed E-state index contributed by atoms with van der Waals surface area (Å²) < 4.78 is 19.8. The van der Waals surface area contributed by atoms with Crippen molar-refractivity contribution >= 4 is 12.1 Å². The summed E-state index contributed by atoms with van der Waals surface area (Å²) in [6.45, 7) is 5.55. The third-order valence-electron chi connectivity index (χ3n) is 3.86. The molecule has 0 bridgehead atoms. The minimum Gasteiger partial charge on any atom is -0.444 e. The number of hydrogen-bond donors (Lipinski definition) is 0. The van der Waals surface area contributed by atoms with Crippen molar-refractivity contribution in [1.29, 1.82) is 0 Å². The van der Waals surface area contributed by atoms with Crippen molar-refractivity contribution in [2.24, 2.45) is 0 Å². The van der Waals surface area contributed by atoms with Gasteiger partial charge in [0.2, 0.25) is 0 Å². The van der Waals surface area contributed by atoms with Gasteiger partial charge in [-0.1, -0.05) is 18.2 Å². The van der Waals surface area contributed by atoms with Gasteiger partial charge in [-0.2, -0.15) is 0 Å². The molecular weight excluding hydrogens is 327 g/mol. The Morgan fingerprint density at radius 3 is 2.44 bits per heavy atom. The number of nitrogens with zero attached hydrogens (tertiary/aromatic N) is 2. The molecular formula is C18H25FN2O4. The predicted octanol–water partition coefficient (Wildman–Crippen LogP) is 3.04. The molecule has 2 atom stereocenters. The highest BCUT2D eigenvalue weighted by Crippen LogP contribution is 2.21. The molecule has 0 aromatic heterocycles. The van der Waals surface area contributed by atoms with E-state index in [0.717, 1.165) is 0 Å². The maximum Gasteiger partial charge on any atom is 0.410 e. The highest BCUT2D eigenvalue weighted by Gasteiger charge is 2.37. The maximum absolute atomic E-state index is 14.5. The summed E-state index contributed by atoms with van der Waals surface area (Å²) in [7, 11) is 1.53. The van der Waals surface area contributed by atoms with Gasteiger partial charge >= 0.3 is 12.1 Å². The van der Waals surface area contributed by atoms with Gasteiger partial charge in [0.05, 0.1) is 18.2 Å². The molecule has 1 aliphatic rings. The Kier molecular flexibility index (Phi) is 6.00. The molecule has 1 amide bonds. The van der Waals surface area contributed by atoms with Gasteiger partial charge in [0.15, 0.2) is 0 Å². The lowest BCUT2D eigenvalue weighted by Gasteiger charge is -2.38. The van der Waals surface area contributed by atoms with Crippen LogP contribution < -0.4 is 0 Å². The Bertz CT molecular complexity index is 603. The zero-order chi connectivity index (χ0) is 18.6. The molecule has 0 spiro atoms. The highest BCUT2D eigenvalue weighted by atomic mass is 19.1. The summed E-state index contributed by atoms with van der Waals surface area (Å²) >= 11 is 0. The number of rotatable bonds is 3. The van der Waals surface area contributed by atoms with Gasteiger partial charge in [0.1, 0.15) is 11.8 Å². The molecule has 0 radical (unpaired) electrons. The monoisotopic (exact) mass is 352 g/mol. The van der Waals surface area contributed by atoms with Crippen LogP contribution in [0.4, 0.5) is 9.18 Å². The van der Waals surface area contributed by atoms with Gasteiger partial charge in [-0.25, -0.2) is 14.0 Å². The van der Waals surface area contributed by atoms with Gasteiger partial charge in [-0.3, -0.25) is 0 Å². The SMILES string of the molecule is CN(OC(=O)c1ccccc1)[C@@H]1CCN(C(=O)OC(C)(C)C)C[C@H]1F. The molecule has 1 fully saturated rings. The minimum atomic E-state index is -1.34. The number of halogens is 1. The average molecular weight is 352 g/mol. The molecule has 25 heavy (non-hydrogen) atoms.